The number of aliphatic carboxylic acids is 1. The third kappa shape index (κ3) is 6.84. The van der Waals surface area contributed by atoms with E-state index >= 15 is 0 Å². The van der Waals surface area contributed by atoms with Crippen molar-refractivity contribution in [3.63, 3.8) is 0 Å². The Balaban J connectivity index is 0.000000493. The van der Waals surface area contributed by atoms with Crippen LogP contribution in [0.25, 0.3) is 0 Å². The Morgan fingerprint density at radius 3 is 1.89 bits per heavy atom. The molecule has 3 atom stereocenters. The number of likely N-dealkylation sites (tertiary alicyclic amines) is 1. The van der Waals surface area contributed by atoms with Gasteiger partial charge in [-0.25, -0.2) is 4.79 Å². The van der Waals surface area contributed by atoms with Gasteiger partial charge in [-0.15, -0.1) is 0 Å². The minimum atomic E-state index is -5.08. The molecule has 1 aliphatic carbocycles. The van der Waals surface area contributed by atoms with Crippen LogP contribution in [-0.4, -0.2) is 78.4 Å². The summed E-state index contributed by atoms with van der Waals surface area (Å²) in [5, 5.41) is 7.12. The van der Waals surface area contributed by atoms with Gasteiger partial charge in [-0.05, 0) is 54.4 Å². The predicted molar refractivity (Wildman–Crippen MR) is 161 cm³/mol. The van der Waals surface area contributed by atoms with Gasteiger partial charge < -0.3 is 14.7 Å². The molecule has 3 aromatic carbocycles. The summed E-state index contributed by atoms with van der Waals surface area (Å²) in [4.78, 5) is 27.8. The van der Waals surface area contributed by atoms with Gasteiger partial charge in [-0.1, -0.05) is 84.9 Å². The molecule has 1 amide bonds. The molecule has 0 unspecified atom stereocenters. The van der Waals surface area contributed by atoms with E-state index in [9.17, 15) is 18.0 Å². The Labute approximate surface area is 256 Å². The van der Waals surface area contributed by atoms with Crippen molar-refractivity contribution in [2.24, 2.45) is 5.92 Å². The fourth-order valence-corrected chi connectivity index (χ4v) is 7.11. The number of nitrogens with zero attached hydrogens (tertiary/aromatic N) is 2. The van der Waals surface area contributed by atoms with Crippen LogP contribution >= 0.6 is 0 Å². The number of halogens is 3. The standard InChI is InChI=1S/C33H38N2O2.C2HF3O2/c1-25-10-8-9-15-29(25)31-22-28(34-18-20-37-21-19-34)16-17-30(31)32(36)35-23-33(24-35,26-11-4-2-5-12-26)27-13-6-3-7-14-27;3-2(4,5)1(6)7/h2-15,28,30-31H,16-24H2,1H3;(H,6,7)/t28-,30-,31+;/m1./s1. The molecule has 234 valence electrons. The lowest BCUT2D eigenvalue weighted by Gasteiger charge is -2.53. The van der Waals surface area contributed by atoms with Gasteiger partial charge >= 0.3 is 12.1 Å². The topological polar surface area (TPSA) is 70.1 Å². The lowest BCUT2D eigenvalue weighted by Crippen LogP contribution is -2.63. The van der Waals surface area contributed by atoms with E-state index in [1.54, 1.807) is 0 Å². The fourth-order valence-electron chi connectivity index (χ4n) is 7.11. The van der Waals surface area contributed by atoms with Crippen LogP contribution in [0.5, 0.6) is 0 Å². The van der Waals surface area contributed by atoms with Crippen molar-refractivity contribution in [2.75, 3.05) is 39.4 Å². The lowest BCUT2D eigenvalue weighted by molar-refractivity contribution is -0.192. The monoisotopic (exact) mass is 608 g/mol. The molecule has 3 fully saturated rings. The molecule has 6 rings (SSSR count). The maximum Gasteiger partial charge on any atom is 0.490 e. The van der Waals surface area contributed by atoms with Crippen molar-refractivity contribution in [3.05, 3.63) is 107 Å². The molecule has 0 spiro atoms. The Morgan fingerprint density at radius 1 is 0.841 bits per heavy atom. The number of aryl methyl sites for hydroxylation is 1. The van der Waals surface area contributed by atoms with Crippen LogP contribution in [-0.2, 0) is 19.7 Å². The number of alkyl halides is 3. The van der Waals surface area contributed by atoms with Crippen LogP contribution in [0.15, 0.2) is 84.9 Å². The maximum absolute atomic E-state index is 14.2. The van der Waals surface area contributed by atoms with Gasteiger partial charge in [0.15, 0.2) is 0 Å². The molecule has 1 N–H and O–H groups in total. The van der Waals surface area contributed by atoms with Gasteiger partial charge in [-0.2, -0.15) is 13.2 Å². The molecule has 6 nitrogen and oxygen atoms in total. The average molecular weight is 609 g/mol. The Bertz CT molecular complexity index is 1360. The van der Waals surface area contributed by atoms with Crippen LogP contribution in [0, 0.1) is 12.8 Å². The highest BCUT2D eigenvalue weighted by molar-refractivity contribution is 5.82. The third-order valence-corrected chi connectivity index (χ3v) is 9.42. The summed E-state index contributed by atoms with van der Waals surface area (Å²) in [5.74, 6) is -2.11. The maximum atomic E-state index is 14.2. The first-order chi connectivity index (χ1) is 21.1. The zero-order valence-corrected chi connectivity index (χ0v) is 24.9. The molecule has 0 aromatic heterocycles. The number of carbonyl (C=O) groups is 2. The number of carboxylic acids is 1. The van der Waals surface area contributed by atoms with E-state index in [0.717, 1.165) is 58.7 Å². The first-order valence-corrected chi connectivity index (χ1v) is 15.2. The van der Waals surface area contributed by atoms with Crippen molar-refractivity contribution in [1.29, 1.82) is 0 Å². The number of amides is 1. The number of hydrogen-bond acceptors (Lipinski definition) is 4. The Hall–Kier alpha value is -3.69. The largest absolute Gasteiger partial charge is 0.490 e. The second kappa shape index (κ2) is 13.5. The highest BCUT2D eigenvalue weighted by Crippen LogP contribution is 2.46. The molecule has 2 saturated heterocycles. The van der Waals surface area contributed by atoms with Crippen LogP contribution in [0.4, 0.5) is 13.2 Å². The van der Waals surface area contributed by atoms with Crippen LogP contribution in [0.2, 0.25) is 0 Å². The molecule has 0 bridgehead atoms. The third-order valence-electron chi connectivity index (χ3n) is 9.42. The normalized spacial score (nSPS) is 23.5. The minimum absolute atomic E-state index is 0.0444. The Morgan fingerprint density at radius 2 is 1.36 bits per heavy atom. The van der Waals surface area contributed by atoms with E-state index in [4.69, 9.17) is 14.6 Å². The molecule has 3 aromatic rings. The first kappa shape index (κ1) is 31.7. The van der Waals surface area contributed by atoms with E-state index in [0.29, 0.717) is 11.9 Å². The van der Waals surface area contributed by atoms with E-state index in [2.05, 4.69) is 102 Å². The molecule has 44 heavy (non-hydrogen) atoms. The smallest absolute Gasteiger partial charge is 0.475 e. The second-order valence-corrected chi connectivity index (χ2v) is 12.0. The second-order valence-electron chi connectivity index (χ2n) is 12.0. The highest BCUT2D eigenvalue weighted by atomic mass is 19.4. The molecule has 1 saturated carbocycles. The summed E-state index contributed by atoms with van der Waals surface area (Å²) in [5.41, 5.74) is 5.14. The summed E-state index contributed by atoms with van der Waals surface area (Å²) >= 11 is 0. The number of rotatable bonds is 5. The molecule has 2 heterocycles. The van der Waals surface area contributed by atoms with E-state index < -0.39 is 12.1 Å². The van der Waals surface area contributed by atoms with Crippen molar-refractivity contribution in [1.82, 2.24) is 9.80 Å². The summed E-state index contributed by atoms with van der Waals surface area (Å²) < 4.78 is 37.4. The van der Waals surface area contributed by atoms with E-state index in [1.165, 1.54) is 22.3 Å². The summed E-state index contributed by atoms with van der Waals surface area (Å²) in [6.45, 7) is 7.37. The SMILES string of the molecule is Cc1ccccc1[C@@H]1C[C@H](N2CCOCC2)CC[C@H]1C(=O)N1CC(c2ccccc2)(c2ccccc2)C1.O=C(O)C(F)(F)F. The van der Waals surface area contributed by atoms with Gasteiger partial charge in [-0.3, -0.25) is 9.69 Å². The van der Waals surface area contributed by atoms with Gasteiger partial charge in [0.05, 0.1) is 18.6 Å². The number of morpholine rings is 1. The van der Waals surface area contributed by atoms with Gasteiger partial charge in [0.1, 0.15) is 0 Å². The average Bonchev–Trinajstić information content (AvgIpc) is 3.02. The first-order valence-electron chi connectivity index (χ1n) is 15.2. The van der Waals surface area contributed by atoms with E-state index in [-0.39, 0.29) is 17.3 Å². The zero-order chi connectivity index (χ0) is 31.3. The quantitative estimate of drug-likeness (QED) is 0.383. The molecular formula is C35H39F3N2O4. The number of carbonyl (C=O) groups excluding carboxylic acids is 1. The molecule has 2 aliphatic heterocycles. The fraction of sp³-hybridized carbons (Fsp3) is 0.429. The van der Waals surface area contributed by atoms with Crippen molar-refractivity contribution in [3.8, 4) is 0 Å². The summed E-state index contributed by atoms with van der Waals surface area (Å²) in [6.07, 6.45) is -1.98. The Kier molecular flexibility index (Phi) is 9.75. The predicted octanol–water partition coefficient (Wildman–Crippen LogP) is 6.04. The van der Waals surface area contributed by atoms with Gasteiger partial charge in [0, 0.05) is 38.1 Å². The van der Waals surface area contributed by atoms with Gasteiger partial charge in [0.2, 0.25) is 5.91 Å². The van der Waals surface area contributed by atoms with Crippen molar-refractivity contribution in [2.45, 2.75) is 49.7 Å². The van der Waals surface area contributed by atoms with Crippen LogP contribution in [0.3, 0.4) is 0 Å². The molecule has 3 aliphatic rings. The van der Waals surface area contributed by atoms with Crippen LogP contribution < -0.4 is 0 Å². The number of hydrogen-bond donors (Lipinski definition) is 1. The van der Waals surface area contributed by atoms with E-state index in [1.807, 2.05) is 0 Å². The summed E-state index contributed by atoms with van der Waals surface area (Å²) in [7, 11) is 0. The molecule has 0 radical (unpaired) electrons. The minimum Gasteiger partial charge on any atom is -0.475 e. The number of carboxylic acid groups (broad SMARTS) is 1. The number of benzene rings is 3. The lowest BCUT2D eigenvalue weighted by atomic mass is 9.66. The van der Waals surface area contributed by atoms with Gasteiger partial charge in [0.25, 0.3) is 0 Å². The highest BCUT2D eigenvalue weighted by Gasteiger charge is 2.50. The van der Waals surface area contributed by atoms with Crippen molar-refractivity contribution >= 4 is 11.9 Å². The van der Waals surface area contributed by atoms with Crippen LogP contribution in [0.1, 0.15) is 47.4 Å². The summed E-state index contributed by atoms with van der Waals surface area (Å²) in [6, 6.07) is 30.7. The molecule has 9 heteroatoms. The zero-order valence-electron chi connectivity index (χ0n) is 24.9. The number of ether oxygens (including phenoxy) is 1. The molecular weight excluding hydrogens is 569 g/mol. The van der Waals surface area contributed by atoms with Crippen molar-refractivity contribution < 1.29 is 32.6 Å².